The average Bonchev–Trinajstić information content (AvgIpc) is 2.73. The number of hydrogen-bond donors (Lipinski definition) is 0. The summed E-state index contributed by atoms with van der Waals surface area (Å²) in [5, 5.41) is 0. The monoisotopic (exact) mass is 310 g/mol. The van der Waals surface area contributed by atoms with Crippen molar-refractivity contribution < 1.29 is 0 Å². The molecule has 0 spiro atoms. The van der Waals surface area contributed by atoms with Crippen molar-refractivity contribution in [3.05, 3.63) is 59.2 Å². The summed E-state index contributed by atoms with van der Waals surface area (Å²) in [5.74, 6) is 0. The average molecular weight is 310 g/mol. The smallest absolute Gasteiger partial charge is 0.0547 e. The van der Waals surface area contributed by atoms with Crippen LogP contribution in [-0.2, 0) is 13.1 Å². The van der Waals surface area contributed by atoms with Crippen LogP contribution in [-0.4, -0.2) is 45.9 Å². The van der Waals surface area contributed by atoms with Gasteiger partial charge in [-0.25, -0.2) is 0 Å². The van der Waals surface area contributed by atoms with Gasteiger partial charge in [0.1, 0.15) is 0 Å². The maximum atomic E-state index is 4.63. The Morgan fingerprint density at radius 1 is 0.739 bits per heavy atom. The Labute approximate surface area is 139 Å². The number of rotatable bonds is 4. The molecular weight excluding hydrogens is 284 g/mol. The summed E-state index contributed by atoms with van der Waals surface area (Å²) in [6, 6.07) is 12.6. The highest BCUT2D eigenvalue weighted by Gasteiger charge is 2.16. The predicted molar refractivity (Wildman–Crippen MR) is 93.1 cm³/mol. The third-order valence-corrected chi connectivity index (χ3v) is 4.34. The quantitative estimate of drug-likeness (QED) is 0.869. The van der Waals surface area contributed by atoms with Crippen LogP contribution in [0.15, 0.2) is 36.4 Å². The highest BCUT2D eigenvalue weighted by atomic mass is 15.2. The number of aryl methyl sites for hydroxylation is 2. The molecule has 23 heavy (non-hydrogen) atoms. The van der Waals surface area contributed by atoms with E-state index in [-0.39, 0.29) is 0 Å². The van der Waals surface area contributed by atoms with Crippen molar-refractivity contribution in [2.24, 2.45) is 0 Å². The molecule has 1 aliphatic rings. The number of hydrogen-bond acceptors (Lipinski definition) is 4. The van der Waals surface area contributed by atoms with Gasteiger partial charge in [0.05, 0.1) is 11.4 Å². The van der Waals surface area contributed by atoms with Gasteiger partial charge >= 0.3 is 0 Å². The Morgan fingerprint density at radius 3 is 1.65 bits per heavy atom. The fraction of sp³-hybridized carbons (Fsp3) is 0.474. The maximum absolute atomic E-state index is 4.63. The molecule has 3 heterocycles. The molecule has 0 aromatic carbocycles. The Kier molecular flexibility index (Phi) is 5.36. The first kappa shape index (κ1) is 16.1. The molecule has 0 radical (unpaired) electrons. The summed E-state index contributed by atoms with van der Waals surface area (Å²) in [5.41, 5.74) is 4.56. The molecule has 0 N–H and O–H groups in total. The predicted octanol–water partition coefficient (Wildman–Crippen LogP) is 2.80. The van der Waals surface area contributed by atoms with E-state index >= 15 is 0 Å². The highest BCUT2D eigenvalue weighted by molar-refractivity contribution is 5.11. The molecule has 3 rings (SSSR count). The van der Waals surface area contributed by atoms with Crippen molar-refractivity contribution in [2.75, 3.05) is 26.2 Å². The van der Waals surface area contributed by atoms with E-state index in [0.717, 1.165) is 50.7 Å². The first-order chi connectivity index (χ1) is 11.2. The second-order valence-corrected chi connectivity index (χ2v) is 6.45. The maximum Gasteiger partial charge on any atom is 0.0547 e. The van der Waals surface area contributed by atoms with Gasteiger partial charge in [0, 0.05) is 37.6 Å². The molecule has 2 aromatic heterocycles. The standard InChI is InChI=1S/C19H26N4/c1-16-6-3-8-18(20-16)14-22-10-5-11-23(13-12-22)15-19-9-4-7-17(2)21-19/h3-4,6-9H,5,10-15H2,1-2H3. The molecule has 4 heteroatoms. The van der Waals surface area contributed by atoms with Gasteiger partial charge in [-0.15, -0.1) is 0 Å². The molecule has 0 atom stereocenters. The van der Waals surface area contributed by atoms with Gasteiger partial charge in [-0.05, 0) is 57.6 Å². The molecule has 0 amide bonds. The summed E-state index contributed by atoms with van der Waals surface area (Å²) in [6.45, 7) is 10.5. The second kappa shape index (κ2) is 7.66. The first-order valence-electron chi connectivity index (χ1n) is 8.49. The highest BCUT2D eigenvalue weighted by Crippen LogP contribution is 2.11. The summed E-state index contributed by atoms with van der Waals surface area (Å²) < 4.78 is 0. The van der Waals surface area contributed by atoms with Gasteiger partial charge in [0.25, 0.3) is 0 Å². The molecule has 1 fully saturated rings. The van der Waals surface area contributed by atoms with Crippen molar-refractivity contribution in [3.63, 3.8) is 0 Å². The van der Waals surface area contributed by atoms with Crippen LogP contribution in [0.5, 0.6) is 0 Å². The minimum Gasteiger partial charge on any atom is -0.296 e. The molecule has 0 unspecified atom stereocenters. The molecule has 2 aromatic rings. The molecule has 0 saturated carbocycles. The van der Waals surface area contributed by atoms with E-state index in [1.807, 2.05) is 0 Å². The number of pyridine rings is 2. The van der Waals surface area contributed by atoms with Crippen LogP contribution < -0.4 is 0 Å². The van der Waals surface area contributed by atoms with Gasteiger partial charge in [0.15, 0.2) is 0 Å². The molecule has 4 nitrogen and oxygen atoms in total. The zero-order valence-corrected chi connectivity index (χ0v) is 14.2. The summed E-state index contributed by atoms with van der Waals surface area (Å²) in [6.07, 6.45) is 1.21. The first-order valence-corrected chi connectivity index (χ1v) is 8.49. The Balaban J connectivity index is 1.54. The fourth-order valence-electron chi connectivity index (χ4n) is 3.17. The zero-order chi connectivity index (χ0) is 16.1. The van der Waals surface area contributed by atoms with E-state index in [2.05, 4.69) is 70.0 Å². The molecule has 0 aliphatic carbocycles. The van der Waals surface area contributed by atoms with Gasteiger partial charge in [-0.1, -0.05) is 12.1 Å². The van der Waals surface area contributed by atoms with E-state index in [1.165, 1.54) is 17.8 Å². The number of aromatic nitrogens is 2. The van der Waals surface area contributed by atoms with Crippen LogP contribution >= 0.6 is 0 Å². The molecule has 1 aliphatic heterocycles. The summed E-state index contributed by atoms with van der Waals surface area (Å²) in [4.78, 5) is 14.3. The van der Waals surface area contributed by atoms with Gasteiger partial charge in [-0.3, -0.25) is 19.8 Å². The minimum absolute atomic E-state index is 0.957. The van der Waals surface area contributed by atoms with Crippen molar-refractivity contribution >= 4 is 0 Å². The van der Waals surface area contributed by atoms with Crippen molar-refractivity contribution in [3.8, 4) is 0 Å². The van der Waals surface area contributed by atoms with Gasteiger partial charge in [0.2, 0.25) is 0 Å². The van der Waals surface area contributed by atoms with E-state index in [0.29, 0.717) is 0 Å². The third kappa shape index (κ3) is 4.85. The van der Waals surface area contributed by atoms with Crippen LogP contribution in [0.4, 0.5) is 0 Å². The largest absolute Gasteiger partial charge is 0.296 e. The molecule has 1 saturated heterocycles. The van der Waals surface area contributed by atoms with E-state index in [1.54, 1.807) is 0 Å². The van der Waals surface area contributed by atoms with Crippen LogP contribution in [0.25, 0.3) is 0 Å². The van der Waals surface area contributed by atoms with Crippen molar-refractivity contribution in [2.45, 2.75) is 33.4 Å². The lowest BCUT2D eigenvalue weighted by molar-refractivity contribution is 0.244. The topological polar surface area (TPSA) is 32.3 Å². The molecule has 122 valence electrons. The van der Waals surface area contributed by atoms with Crippen LogP contribution in [0, 0.1) is 13.8 Å². The molecule has 0 bridgehead atoms. The van der Waals surface area contributed by atoms with Crippen LogP contribution in [0.2, 0.25) is 0 Å². The zero-order valence-electron chi connectivity index (χ0n) is 14.2. The summed E-state index contributed by atoms with van der Waals surface area (Å²) in [7, 11) is 0. The Morgan fingerprint density at radius 2 is 1.22 bits per heavy atom. The lowest BCUT2D eigenvalue weighted by Crippen LogP contribution is -2.30. The van der Waals surface area contributed by atoms with E-state index < -0.39 is 0 Å². The van der Waals surface area contributed by atoms with Gasteiger partial charge < -0.3 is 0 Å². The van der Waals surface area contributed by atoms with Crippen molar-refractivity contribution in [1.82, 2.24) is 19.8 Å². The van der Waals surface area contributed by atoms with Crippen LogP contribution in [0.3, 0.4) is 0 Å². The second-order valence-electron chi connectivity index (χ2n) is 6.45. The minimum atomic E-state index is 0.957. The van der Waals surface area contributed by atoms with Gasteiger partial charge in [-0.2, -0.15) is 0 Å². The fourth-order valence-corrected chi connectivity index (χ4v) is 3.17. The SMILES string of the molecule is Cc1cccc(CN2CCCN(Cc3cccc(C)n3)CC2)n1. The van der Waals surface area contributed by atoms with E-state index in [4.69, 9.17) is 0 Å². The van der Waals surface area contributed by atoms with Crippen LogP contribution in [0.1, 0.15) is 29.2 Å². The molecular formula is C19H26N4. The lowest BCUT2D eigenvalue weighted by atomic mass is 10.3. The Bertz CT molecular complexity index is 585. The van der Waals surface area contributed by atoms with E-state index in [9.17, 15) is 0 Å². The van der Waals surface area contributed by atoms with Crippen molar-refractivity contribution in [1.29, 1.82) is 0 Å². The summed E-state index contributed by atoms with van der Waals surface area (Å²) >= 11 is 0. The Hall–Kier alpha value is -1.78. The number of nitrogens with zero attached hydrogens (tertiary/aromatic N) is 4. The lowest BCUT2D eigenvalue weighted by Gasteiger charge is -2.21. The normalized spacial score (nSPS) is 17.1. The third-order valence-electron chi connectivity index (χ3n) is 4.34.